The number of nitrogens with one attached hydrogen (secondary N) is 1. The number of benzene rings is 1. The van der Waals surface area contributed by atoms with Gasteiger partial charge in [0, 0.05) is 43.5 Å². The SMILES string of the molecule is C=CC(=O)N1CCN(c2ccc3ncnc(Nc4ccc(Oc5ccn6ncnc6c5)c(C)c4F)c3n2)CC1CC. The molecule has 5 heterocycles. The lowest BCUT2D eigenvalue weighted by Crippen LogP contribution is -2.54. The van der Waals surface area contributed by atoms with Gasteiger partial charge in [0.2, 0.25) is 5.91 Å². The third kappa shape index (κ3) is 4.99. The fourth-order valence-electron chi connectivity index (χ4n) is 5.01. The van der Waals surface area contributed by atoms with E-state index in [1.165, 1.54) is 18.7 Å². The van der Waals surface area contributed by atoms with E-state index in [2.05, 4.69) is 43.8 Å². The molecule has 208 valence electrons. The maximum Gasteiger partial charge on any atom is 0.246 e. The minimum absolute atomic E-state index is 0.0486. The van der Waals surface area contributed by atoms with Gasteiger partial charge in [-0.25, -0.2) is 28.8 Å². The van der Waals surface area contributed by atoms with Gasteiger partial charge in [-0.05, 0) is 49.8 Å². The number of halogens is 1. The molecule has 1 aliphatic heterocycles. The number of carbonyl (C=O) groups is 1. The molecule has 1 amide bonds. The molecule has 12 heteroatoms. The van der Waals surface area contributed by atoms with Crippen molar-refractivity contribution >= 4 is 39.9 Å². The van der Waals surface area contributed by atoms with Gasteiger partial charge in [0.05, 0.1) is 11.2 Å². The van der Waals surface area contributed by atoms with Crippen LogP contribution in [0.15, 0.2) is 67.9 Å². The standard InChI is InChI=1S/C29H28FN9O2/c1-4-19-15-37(12-13-38(19)26(40)5-2)24-9-7-22-28(36-24)29(33-16-31-22)35-21-6-8-23(18(3)27(21)30)41-20-10-11-39-25(14-20)32-17-34-39/h5-11,14,16-17,19H,2,4,12-13,15H2,1,3H3,(H,31,33,35). The van der Waals surface area contributed by atoms with E-state index in [9.17, 15) is 4.79 Å². The highest BCUT2D eigenvalue weighted by atomic mass is 19.1. The third-order valence-corrected chi connectivity index (χ3v) is 7.27. The topological polar surface area (TPSA) is 114 Å². The van der Waals surface area contributed by atoms with Gasteiger partial charge in [0.15, 0.2) is 17.3 Å². The number of carbonyl (C=O) groups excluding carboxylic acids is 1. The second-order valence-corrected chi connectivity index (χ2v) is 9.71. The minimum Gasteiger partial charge on any atom is -0.457 e. The average molecular weight is 554 g/mol. The Hall–Kier alpha value is -5.13. The van der Waals surface area contributed by atoms with Crippen molar-refractivity contribution in [2.24, 2.45) is 0 Å². The molecule has 5 aromatic rings. The van der Waals surface area contributed by atoms with Gasteiger partial charge in [-0.1, -0.05) is 13.5 Å². The van der Waals surface area contributed by atoms with E-state index in [0.717, 1.165) is 12.2 Å². The van der Waals surface area contributed by atoms with Crippen LogP contribution in [0.5, 0.6) is 11.5 Å². The number of fused-ring (bicyclic) bond motifs is 2. The maximum atomic E-state index is 15.6. The van der Waals surface area contributed by atoms with Crippen molar-refractivity contribution in [3.8, 4) is 11.5 Å². The molecule has 41 heavy (non-hydrogen) atoms. The Kier molecular flexibility index (Phi) is 6.88. The van der Waals surface area contributed by atoms with Crippen LogP contribution in [-0.4, -0.2) is 66.0 Å². The van der Waals surface area contributed by atoms with Crippen LogP contribution in [0.25, 0.3) is 16.7 Å². The van der Waals surface area contributed by atoms with Crippen LogP contribution >= 0.6 is 0 Å². The molecule has 0 radical (unpaired) electrons. The van der Waals surface area contributed by atoms with Crippen molar-refractivity contribution in [3.63, 3.8) is 0 Å². The van der Waals surface area contributed by atoms with E-state index in [4.69, 9.17) is 9.72 Å². The number of hydrogen-bond acceptors (Lipinski definition) is 9. The van der Waals surface area contributed by atoms with Gasteiger partial charge in [-0.15, -0.1) is 0 Å². The zero-order chi connectivity index (χ0) is 28.5. The van der Waals surface area contributed by atoms with E-state index < -0.39 is 5.82 Å². The predicted molar refractivity (Wildman–Crippen MR) is 153 cm³/mol. The highest BCUT2D eigenvalue weighted by molar-refractivity contribution is 5.89. The first-order valence-electron chi connectivity index (χ1n) is 13.3. The van der Waals surface area contributed by atoms with E-state index >= 15 is 4.39 Å². The number of nitrogens with zero attached hydrogens (tertiary/aromatic N) is 8. The Morgan fingerprint density at radius 1 is 1.17 bits per heavy atom. The summed E-state index contributed by atoms with van der Waals surface area (Å²) in [6.07, 6.45) is 6.77. The van der Waals surface area contributed by atoms with Gasteiger partial charge in [0.1, 0.15) is 35.5 Å². The van der Waals surface area contributed by atoms with Crippen molar-refractivity contribution in [1.82, 2.24) is 34.4 Å². The predicted octanol–water partition coefficient (Wildman–Crippen LogP) is 4.66. The van der Waals surface area contributed by atoms with Crippen molar-refractivity contribution in [1.29, 1.82) is 0 Å². The Morgan fingerprint density at radius 3 is 2.88 bits per heavy atom. The normalized spacial score (nSPS) is 15.3. The maximum absolute atomic E-state index is 15.6. The lowest BCUT2D eigenvalue weighted by atomic mass is 10.1. The number of piperazine rings is 1. The lowest BCUT2D eigenvalue weighted by molar-refractivity contribution is -0.128. The summed E-state index contributed by atoms with van der Waals surface area (Å²) in [4.78, 5) is 34.0. The quantitative estimate of drug-likeness (QED) is 0.287. The number of hydrogen-bond donors (Lipinski definition) is 1. The molecule has 6 rings (SSSR count). The molecule has 0 spiro atoms. The molecule has 11 nitrogen and oxygen atoms in total. The van der Waals surface area contributed by atoms with E-state index in [-0.39, 0.29) is 17.6 Å². The number of rotatable bonds is 7. The molecule has 1 atom stereocenters. The van der Waals surface area contributed by atoms with Crippen molar-refractivity contribution in [2.45, 2.75) is 26.3 Å². The summed E-state index contributed by atoms with van der Waals surface area (Å²) in [5.74, 6) is 1.49. The third-order valence-electron chi connectivity index (χ3n) is 7.27. The van der Waals surface area contributed by atoms with Crippen LogP contribution in [0.1, 0.15) is 18.9 Å². The Morgan fingerprint density at radius 2 is 2.05 bits per heavy atom. The number of aromatic nitrogens is 6. The van der Waals surface area contributed by atoms with Crippen LogP contribution in [-0.2, 0) is 4.79 Å². The van der Waals surface area contributed by atoms with Crippen LogP contribution in [0, 0.1) is 12.7 Å². The fraction of sp³-hybridized carbons (Fsp3) is 0.241. The van der Waals surface area contributed by atoms with E-state index in [0.29, 0.717) is 59.2 Å². The molecular weight excluding hydrogens is 525 g/mol. The molecule has 4 aromatic heterocycles. The summed E-state index contributed by atoms with van der Waals surface area (Å²) >= 11 is 0. The van der Waals surface area contributed by atoms with E-state index in [1.54, 1.807) is 41.9 Å². The van der Waals surface area contributed by atoms with Gasteiger partial charge in [-0.2, -0.15) is 5.10 Å². The largest absolute Gasteiger partial charge is 0.457 e. The Bertz CT molecular complexity index is 1770. The molecule has 0 aliphatic carbocycles. The van der Waals surface area contributed by atoms with Gasteiger partial charge < -0.3 is 19.9 Å². The van der Waals surface area contributed by atoms with Crippen LogP contribution < -0.4 is 15.0 Å². The second-order valence-electron chi connectivity index (χ2n) is 9.71. The summed E-state index contributed by atoms with van der Waals surface area (Å²) in [6, 6.07) is 10.6. The molecule has 0 bridgehead atoms. The van der Waals surface area contributed by atoms with Crippen molar-refractivity contribution < 1.29 is 13.9 Å². The summed E-state index contributed by atoms with van der Waals surface area (Å²) in [6.45, 7) is 9.19. The molecular formula is C29H28FN9O2. The zero-order valence-corrected chi connectivity index (χ0v) is 22.7. The van der Waals surface area contributed by atoms with E-state index in [1.807, 2.05) is 17.0 Å². The molecule has 1 aromatic carbocycles. The number of anilines is 3. The summed E-state index contributed by atoms with van der Waals surface area (Å²) < 4.78 is 23.1. The number of ether oxygens (including phenoxy) is 1. The molecule has 1 aliphatic rings. The van der Waals surface area contributed by atoms with Crippen molar-refractivity contribution in [3.05, 3.63) is 79.3 Å². The first-order valence-corrected chi connectivity index (χ1v) is 13.3. The monoisotopic (exact) mass is 553 g/mol. The molecule has 1 N–H and O–H groups in total. The Balaban J connectivity index is 1.25. The number of pyridine rings is 2. The average Bonchev–Trinajstić information content (AvgIpc) is 3.48. The van der Waals surface area contributed by atoms with Crippen molar-refractivity contribution in [2.75, 3.05) is 29.9 Å². The minimum atomic E-state index is -0.470. The van der Waals surface area contributed by atoms with Gasteiger partial charge in [-0.3, -0.25) is 4.79 Å². The summed E-state index contributed by atoms with van der Waals surface area (Å²) in [5.41, 5.74) is 2.33. The van der Waals surface area contributed by atoms with Gasteiger partial charge >= 0.3 is 0 Å². The van der Waals surface area contributed by atoms with Crippen LogP contribution in [0.3, 0.4) is 0 Å². The lowest BCUT2D eigenvalue weighted by Gasteiger charge is -2.41. The smallest absolute Gasteiger partial charge is 0.246 e. The first-order chi connectivity index (χ1) is 19.9. The highest BCUT2D eigenvalue weighted by Gasteiger charge is 2.29. The second kappa shape index (κ2) is 10.8. The molecule has 1 fully saturated rings. The fourth-order valence-corrected chi connectivity index (χ4v) is 5.01. The van der Waals surface area contributed by atoms with Crippen LogP contribution in [0.4, 0.5) is 21.7 Å². The summed E-state index contributed by atoms with van der Waals surface area (Å²) in [5, 5.41) is 7.17. The van der Waals surface area contributed by atoms with Gasteiger partial charge in [0.25, 0.3) is 0 Å². The summed E-state index contributed by atoms with van der Waals surface area (Å²) in [7, 11) is 0. The first kappa shape index (κ1) is 26.1. The van der Waals surface area contributed by atoms with Crippen LogP contribution in [0.2, 0.25) is 0 Å². The molecule has 1 unspecified atom stereocenters. The molecule has 0 saturated carbocycles. The zero-order valence-electron chi connectivity index (χ0n) is 22.7. The Labute approximate surface area is 235 Å². The highest BCUT2D eigenvalue weighted by Crippen LogP contribution is 2.33. The molecule has 1 saturated heterocycles. The number of amides is 1.